The Morgan fingerprint density at radius 3 is 1.20 bits per heavy atom. The Kier molecular flexibility index (Phi) is 30.8. The van der Waals surface area contributed by atoms with Crippen LogP contribution in [-0.4, -0.2) is 169 Å². The van der Waals surface area contributed by atoms with Crippen LogP contribution >= 0.6 is 0 Å². The molecular weight excluding hydrogens is 909 g/mol. The Balaban J connectivity index is 6.07. The minimum Gasteiger partial charge on any atom is -0.394 e. The van der Waals surface area contributed by atoms with Crippen LogP contribution in [0.4, 0.5) is 0 Å². The number of carbonyl (C=O) groups is 9. The Morgan fingerprint density at radius 2 is 0.797 bits per heavy atom. The van der Waals surface area contributed by atoms with Crippen molar-refractivity contribution in [3.63, 3.8) is 0 Å². The van der Waals surface area contributed by atoms with Gasteiger partial charge in [-0.3, -0.25) is 53.1 Å². The molecule has 26 N–H and O–H groups in total. The Hall–Kier alpha value is -6.43. The molecule has 0 heterocycles. The minimum absolute atomic E-state index is 0.00500. The van der Waals surface area contributed by atoms with Gasteiger partial charge < -0.3 is 98.6 Å². The van der Waals surface area contributed by atoms with E-state index in [1.54, 1.807) is 0 Å². The van der Waals surface area contributed by atoms with Crippen molar-refractivity contribution in [1.29, 1.82) is 0 Å². The predicted octanol–water partition coefficient (Wildman–Crippen LogP) is -8.52. The number of primary amides is 1. The molecule has 0 aromatic rings. The molecule has 0 unspecified atom stereocenters. The van der Waals surface area contributed by atoms with E-state index >= 15 is 0 Å². The second kappa shape index (κ2) is 33.9. The van der Waals surface area contributed by atoms with E-state index in [0.29, 0.717) is 45.2 Å². The number of aliphatic hydroxyl groups is 2. The van der Waals surface area contributed by atoms with Gasteiger partial charge in [-0.15, -0.1) is 0 Å². The molecule has 0 aliphatic carbocycles. The second-order valence-corrected chi connectivity index (χ2v) is 16.3. The first kappa shape index (κ1) is 62.6. The van der Waals surface area contributed by atoms with Crippen molar-refractivity contribution in [3.05, 3.63) is 0 Å². The van der Waals surface area contributed by atoms with Crippen LogP contribution in [0.2, 0.25) is 0 Å². The van der Waals surface area contributed by atoms with E-state index in [4.69, 9.17) is 45.9 Å². The standard InChI is InChI=1S/C40H78N18O11/c1-20(52-36(67)27(14-10-18-50-40(47)48)56-37(68)25(12-6-8-16-42)55-34(65)24(43)11-5-7-15-41)31(62)51-21(2)32(63)54-26(13-9-17-49-39(45)46)35(66)53-22(3)33(64)58-29(23(4)60)38(69)57-28(19-59)30(44)61/h20-29,59-60H,5-19,41-43H2,1-4H3,(H2,44,61)(H,51,62)(H,52,67)(H,53,66)(H,54,63)(H,55,65)(H,56,68)(H,57,69)(H,58,64)(H4,45,46,49)(H4,47,48,50)/t20-,21-,22+,23-,24+,25-,26+,27-,28+,29-/m0/s1. The van der Waals surface area contributed by atoms with Gasteiger partial charge in [-0.1, -0.05) is 6.42 Å². The van der Waals surface area contributed by atoms with Crippen LogP contribution < -0.4 is 88.4 Å². The van der Waals surface area contributed by atoms with Gasteiger partial charge in [-0.25, -0.2) is 0 Å². The lowest BCUT2D eigenvalue weighted by molar-refractivity contribution is -0.136. The van der Waals surface area contributed by atoms with Crippen LogP contribution in [0.5, 0.6) is 0 Å². The van der Waals surface area contributed by atoms with E-state index in [1.807, 2.05) is 0 Å². The van der Waals surface area contributed by atoms with Crippen molar-refractivity contribution in [2.45, 2.75) is 152 Å². The smallest absolute Gasteiger partial charge is 0.245 e. The van der Waals surface area contributed by atoms with Gasteiger partial charge in [0, 0.05) is 13.1 Å². The first-order valence-electron chi connectivity index (χ1n) is 22.7. The molecule has 9 amide bonds. The zero-order valence-corrected chi connectivity index (χ0v) is 40.0. The number of aliphatic imine (C=N–C) groups is 2. The third kappa shape index (κ3) is 26.1. The number of amides is 9. The van der Waals surface area contributed by atoms with E-state index in [2.05, 4.69) is 52.5 Å². The zero-order valence-electron chi connectivity index (χ0n) is 40.0. The first-order chi connectivity index (χ1) is 32.4. The fourth-order valence-electron chi connectivity index (χ4n) is 6.11. The Morgan fingerprint density at radius 1 is 0.449 bits per heavy atom. The van der Waals surface area contributed by atoms with Crippen molar-refractivity contribution in [1.82, 2.24) is 42.5 Å². The van der Waals surface area contributed by atoms with Crippen LogP contribution in [0, 0.1) is 0 Å². The summed E-state index contributed by atoms with van der Waals surface area (Å²) < 4.78 is 0. The Labute approximate surface area is 401 Å². The lowest BCUT2D eigenvalue weighted by atomic mass is 10.0. The van der Waals surface area contributed by atoms with Crippen molar-refractivity contribution in [2.24, 2.45) is 55.9 Å². The zero-order chi connectivity index (χ0) is 52.8. The average Bonchev–Trinajstić information content (AvgIpc) is 3.27. The van der Waals surface area contributed by atoms with Crippen molar-refractivity contribution < 1.29 is 53.4 Å². The molecule has 29 nitrogen and oxygen atoms in total. The molecule has 0 aliphatic heterocycles. The van der Waals surface area contributed by atoms with Crippen molar-refractivity contribution >= 4 is 65.1 Å². The van der Waals surface area contributed by atoms with Gasteiger partial charge >= 0.3 is 0 Å². The molecule has 0 fully saturated rings. The summed E-state index contributed by atoms with van der Waals surface area (Å²) in [6, 6.07) is -11.8. The quantitative estimate of drug-likeness (QED) is 0.0159. The molecule has 69 heavy (non-hydrogen) atoms. The molecule has 0 rings (SSSR count). The summed E-state index contributed by atoms with van der Waals surface area (Å²) in [6.07, 6.45) is 1.52. The summed E-state index contributed by atoms with van der Waals surface area (Å²) in [5, 5.41) is 39.0. The number of unbranched alkanes of at least 4 members (excludes halogenated alkanes) is 2. The number of guanidine groups is 2. The molecule has 0 aromatic heterocycles. The summed E-state index contributed by atoms with van der Waals surface area (Å²) in [5.74, 6) is -8.20. The highest BCUT2D eigenvalue weighted by atomic mass is 16.3. The van der Waals surface area contributed by atoms with Gasteiger partial charge in [0.05, 0.1) is 18.8 Å². The van der Waals surface area contributed by atoms with Crippen LogP contribution in [-0.2, 0) is 43.2 Å². The number of nitrogens with zero attached hydrogens (tertiary/aromatic N) is 2. The molecule has 0 aromatic carbocycles. The van der Waals surface area contributed by atoms with Crippen molar-refractivity contribution in [3.8, 4) is 0 Å². The molecule has 0 bridgehead atoms. The lowest BCUT2D eigenvalue weighted by Gasteiger charge is -2.26. The molecule has 0 spiro atoms. The maximum atomic E-state index is 13.7. The fourth-order valence-corrected chi connectivity index (χ4v) is 6.11. The molecule has 0 saturated heterocycles. The van der Waals surface area contributed by atoms with Crippen LogP contribution in [0.3, 0.4) is 0 Å². The van der Waals surface area contributed by atoms with Gasteiger partial charge in [-0.2, -0.15) is 0 Å². The summed E-state index contributed by atoms with van der Waals surface area (Å²) in [5.41, 5.74) is 44.1. The third-order valence-electron chi connectivity index (χ3n) is 10.2. The first-order valence-corrected chi connectivity index (χ1v) is 22.7. The number of nitrogens with one attached hydrogen (secondary N) is 8. The van der Waals surface area contributed by atoms with Gasteiger partial charge in [0.15, 0.2) is 11.9 Å². The van der Waals surface area contributed by atoms with Gasteiger partial charge in [0.2, 0.25) is 53.2 Å². The third-order valence-corrected chi connectivity index (χ3v) is 10.2. The molecule has 10 atom stereocenters. The summed E-state index contributed by atoms with van der Waals surface area (Å²) >= 11 is 0. The monoisotopic (exact) mass is 987 g/mol. The van der Waals surface area contributed by atoms with E-state index in [0.717, 1.165) is 6.92 Å². The molecular formula is C40H78N18O11. The molecule has 0 aliphatic rings. The highest BCUT2D eigenvalue weighted by Crippen LogP contribution is 2.08. The van der Waals surface area contributed by atoms with E-state index < -0.39 is 120 Å². The normalized spacial score (nSPS) is 15.3. The number of hydrogen-bond acceptors (Lipinski definition) is 16. The lowest BCUT2D eigenvalue weighted by Crippen LogP contribution is -2.61. The van der Waals surface area contributed by atoms with Gasteiger partial charge in [0.25, 0.3) is 0 Å². The topological polar surface area (TPSA) is 523 Å². The Bertz CT molecular complexity index is 1750. The van der Waals surface area contributed by atoms with E-state index in [-0.39, 0.29) is 57.1 Å². The molecule has 0 radical (unpaired) electrons. The van der Waals surface area contributed by atoms with Gasteiger partial charge in [0.1, 0.15) is 48.3 Å². The van der Waals surface area contributed by atoms with Crippen LogP contribution in [0.25, 0.3) is 0 Å². The van der Waals surface area contributed by atoms with Crippen molar-refractivity contribution in [2.75, 3.05) is 32.8 Å². The molecule has 0 saturated carbocycles. The maximum absolute atomic E-state index is 13.7. The number of hydrogen-bond donors (Lipinski definition) is 18. The number of aliphatic hydroxyl groups excluding tert-OH is 2. The number of rotatable bonds is 35. The fraction of sp³-hybridized carbons (Fsp3) is 0.725. The largest absolute Gasteiger partial charge is 0.394 e. The summed E-state index contributed by atoms with van der Waals surface area (Å²) in [4.78, 5) is 126. The maximum Gasteiger partial charge on any atom is 0.245 e. The molecule has 394 valence electrons. The average molecular weight is 987 g/mol. The minimum atomic E-state index is -1.65. The van der Waals surface area contributed by atoms with Crippen LogP contribution in [0.15, 0.2) is 9.98 Å². The van der Waals surface area contributed by atoms with E-state index in [9.17, 15) is 53.4 Å². The SMILES string of the molecule is C[C@H](NC(=O)[C@H](C)NC(=O)[C@H](CCCN=C(N)N)NC(=O)[C@H](CCCCN)NC(=O)[C@H](N)CCCCN)C(=O)N[C@H](CCCN=C(N)N)C(=O)N[C@H](C)C(=O)N[C@H](C(=O)N[C@H](CO)C(N)=O)[C@H](C)O. The number of carbonyl (C=O) groups excluding carboxylic acids is 9. The highest BCUT2D eigenvalue weighted by Gasteiger charge is 2.33. The van der Waals surface area contributed by atoms with Crippen LogP contribution in [0.1, 0.15) is 91.9 Å². The molecule has 29 heteroatoms. The summed E-state index contributed by atoms with van der Waals surface area (Å²) in [6.45, 7) is 5.04. The highest BCUT2D eigenvalue weighted by molar-refractivity contribution is 5.98. The second-order valence-electron chi connectivity index (χ2n) is 16.3. The predicted molar refractivity (Wildman–Crippen MR) is 254 cm³/mol. The van der Waals surface area contributed by atoms with E-state index in [1.165, 1.54) is 20.8 Å². The number of nitrogens with two attached hydrogens (primary N) is 8. The van der Waals surface area contributed by atoms with Gasteiger partial charge in [-0.05, 0) is 98.6 Å². The summed E-state index contributed by atoms with van der Waals surface area (Å²) in [7, 11) is 0.